The molecule has 3 heteroatoms. The van der Waals surface area contributed by atoms with Crippen LogP contribution in [0.2, 0.25) is 5.02 Å². The lowest BCUT2D eigenvalue weighted by molar-refractivity contribution is 0.419. The molecule has 0 amide bonds. The molecule has 0 bridgehead atoms. The van der Waals surface area contributed by atoms with E-state index in [2.05, 4.69) is 45.5 Å². The SMILES string of the molecule is CNC(c1ccc(C2CCC2)cc1)c1cc(Cl)ccc1Br. The third-order valence-electron chi connectivity index (χ3n) is 4.40. The Morgan fingerprint density at radius 1 is 1.14 bits per heavy atom. The van der Waals surface area contributed by atoms with Crippen molar-refractivity contribution < 1.29 is 0 Å². The highest BCUT2D eigenvalue weighted by atomic mass is 79.9. The summed E-state index contributed by atoms with van der Waals surface area (Å²) in [5.41, 5.74) is 3.91. The largest absolute Gasteiger partial charge is 0.309 e. The van der Waals surface area contributed by atoms with Crippen LogP contribution in [0.4, 0.5) is 0 Å². The summed E-state index contributed by atoms with van der Waals surface area (Å²) < 4.78 is 1.08. The van der Waals surface area contributed by atoms with Gasteiger partial charge in [-0.2, -0.15) is 0 Å². The van der Waals surface area contributed by atoms with Crippen molar-refractivity contribution in [1.82, 2.24) is 5.32 Å². The number of benzene rings is 2. The van der Waals surface area contributed by atoms with E-state index >= 15 is 0 Å². The Balaban J connectivity index is 1.90. The first-order valence-corrected chi connectivity index (χ1v) is 8.58. The van der Waals surface area contributed by atoms with Crippen LogP contribution in [0.3, 0.4) is 0 Å². The van der Waals surface area contributed by atoms with Gasteiger partial charge in [0.05, 0.1) is 6.04 Å². The average molecular weight is 365 g/mol. The van der Waals surface area contributed by atoms with E-state index in [-0.39, 0.29) is 6.04 Å². The van der Waals surface area contributed by atoms with Crippen LogP contribution in [0.1, 0.15) is 47.9 Å². The first-order valence-electron chi connectivity index (χ1n) is 7.41. The zero-order chi connectivity index (χ0) is 14.8. The minimum atomic E-state index is 0.147. The number of hydrogen-bond donors (Lipinski definition) is 1. The number of halogens is 2. The van der Waals surface area contributed by atoms with E-state index in [0.717, 1.165) is 15.4 Å². The molecule has 0 radical (unpaired) electrons. The molecular formula is C18H19BrClN. The molecule has 2 aromatic rings. The summed E-state index contributed by atoms with van der Waals surface area (Å²) in [5.74, 6) is 0.782. The van der Waals surface area contributed by atoms with E-state index in [1.165, 1.54) is 36.0 Å². The Morgan fingerprint density at radius 2 is 1.86 bits per heavy atom. The van der Waals surface area contributed by atoms with Crippen molar-refractivity contribution in [3.8, 4) is 0 Å². The van der Waals surface area contributed by atoms with Gasteiger partial charge in [0.15, 0.2) is 0 Å². The topological polar surface area (TPSA) is 12.0 Å². The Morgan fingerprint density at radius 3 is 2.43 bits per heavy atom. The summed E-state index contributed by atoms with van der Waals surface area (Å²) in [6.45, 7) is 0. The molecule has 3 rings (SSSR count). The maximum atomic E-state index is 6.15. The van der Waals surface area contributed by atoms with Gasteiger partial charge >= 0.3 is 0 Å². The molecule has 0 heterocycles. The van der Waals surface area contributed by atoms with E-state index < -0.39 is 0 Å². The van der Waals surface area contributed by atoms with E-state index in [0.29, 0.717) is 0 Å². The molecule has 1 fully saturated rings. The molecule has 1 unspecified atom stereocenters. The second kappa shape index (κ2) is 6.51. The molecular weight excluding hydrogens is 346 g/mol. The summed E-state index contributed by atoms with van der Waals surface area (Å²) in [7, 11) is 1.98. The van der Waals surface area contributed by atoms with Crippen LogP contribution >= 0.6 is 27.5 Å². The summed E-state index contributed by atoms with van der Waals surface area (Å²) >= 11 is 9.78. The van der Waals surface area contributed by atoms with Gasteiger partial charge in [-0.25, -0.2) is 0 Å². The van der Waals surface area contributed by atoms with Crippen molar-refractivity contribution in [3.63, 3.8) is 0 Å². The molecule has 110 valence electrons. The average Bonchev–Trinajstić information content (AvgIpc) is 2.43. The third-order valence-corrected chi connectivity index (χ3v) is 5.36. The molecule has 0 aromatic heterocycles. The lowest BCUT2D eigenvalue weighted by Crippen LogP contribution is -2.18. The number of rotatable bonds is 4. The van der Waals surface area contributed by atoms with Crippen molar-refractivity contribution in [2.24, 2.45) is 0 Å². The van der Waals surface area contributed by atoms with E-state index in [4.69, 9.17) is 11.6 Å². The standard InChI is InChI=1S/C18H19BrClN/c1-21-18(16-11-15(20)9-10-17(16)19)14-7-5-13(6-8-14)12-3-2-4-12/h5-12,18,21H,2-4H2,1H3. The van der Waals surface area contributed by atoms with Crippen molar-refractivity contribution >= 4 is 27.5 Å². The number of hydrogen-bond acceptors (Lipinski definition) is 1. The van der Waals surface area contributed by atoms with Crippen LogP contribution in [0.5, 0.6) is 0 Å². The minimum absolute atomic E-state index is 0.147. The highest BCUT2D eigenvalue weighted by Gasteiger charge is 2.20. The third kappa shape index (κ3) is 3.18. The fraction of sp³-hybridized carbons (Fsp3) is 0.333. The molecule has 0 spiro atoms. The second-order valence-electron chi connectivity index (χ2n) is 5.68. The van der Waals surface area contributed by atoms with Crippen molar-refractivity contribution in [2.75, 3.05) is 7.05 Å². The quantitative estimate of drug-likeness (QED) is 0.736. The van der Waals surface area contributed by atoms with Crippen LogP contribution < -0.4 is 5.32 Å². The van der Waals surface area contributed by atoms with Crippen molar-refractivity contribution in [1.29, 1.82) is 0 Å². The predicted octanol–water partition coefficient (Wildman–Crippen LogP) is 5.68. The predicted molar refractivity (Wildman–Crippen MR) is 93.1 cm³/mol. The van der Waals surface area contributed by atoms with Gasteiger partial charge in [-0.3, -0.25) is 0 Å². The van der Waals surface area contributed by atoms with Crippen molar-refractivity contribution in [3.05, 3.63) is 68.7 Å². The molecule has 1 atom stereocenters. The fourth-order valence-electron chi connectivity index (χ4n) is 2.94. The van der Waals surface area contributed by atoms with Crippen LogP contribution in [0.15, 0.2) is 46.9 Å². The van der Waals surface area contributed by atoms with Gasteiger partial charge in [0.2, 0.25) is 0 Å². The molecule has 1 aliphatic rings. The fourth-order valence-corrected chi connectivity index (χ4v) is 3.60. The molecule has 2 aromatic carbocycles. The Hall–Kier alpha value is -0.830. The van der Waals surface area contributed by atoms with Gasteiger partial charge in [-0.15, -0.1) is 0 Å². The second-order valence-corrected chi connectivity index (χ2v) is 6.97. The minimum Gasteiger partial charge on any atom is -0.309 e. The van der Waals surface area contributed by atoms with E-state index in [1.807, 2.05) is 25.2 Å². The van der Waals surface area contributed by atoms with Gasteiger partial charge in [0.1, 0.15) is 0 Å². The Bertz CT molecular complexity index is 620. The molecule has 1 saturated carbocycles. The Labute approximate surface area is 139 Å². The molecule has 1 aliphatic carbocycles. The summed E-state index contributed by atoms with van der Waals surface area (Å²) in [5, 5.41) is 4.15. The van der Waals surface area contributed by atoms with Crippen LogP contribution in [0.25, 0.3) is 0 Å². The first-order chi connectivity index (χ1) is 10.2. The van der Waals surface area contributed by atoms with Gasteiger partial charge in [-0.1, -0.05) is 58.2 Å². The van der Waals surface area contributed by atoms with Crippen LogP contribution in [-0.4, -0.2) is 7.05 Å². The van der Waals surface area contributed by atoms with Gasteiger partial charge in [-0.05, 0) is 60.7 Å². The van der Waals surface area contributed by atoms with Crippen LogP contribution in [0, 0.1) is 0 Å². The summed E-state index contributed by atoms with van der Waals surface area (Å²) in [6, 6.07) is 15.1. The molecule has 0 saturated heterocycles. The number of nitrogens with one attached hydrogen (secondary N) is 1. The van der Waals surface area contributed by atoms with Crippen LogP contribution in [-0.2, 0) is 0 Å². The maximum Gasteiger partial charge on any atom is 0.0585 e. The summed E-state index contributed by atoms with van der Waals surface area (Å²) in [4.78, 5) is 0. The molecule has 0 aliphatic heterocycles. The smallest absolute Gasteiger partial charge is 0.0585 e. The zero-order valence-electron chi connectivity index (χ0n) is 12.1. The van der Waals surface area contributed by atoms with E-state index in [1.54, 1.807) is 0 Å². The lowest BCUT2D eigenvalue weighted by Gasteiger charge is -2.26. The highest BCUT2D eigenvalue weighted by Crippen LogP contribution is 2.37. The van der Waals surface area contributed by atoms with Gasteiger partial charge in [0.25, 0.3) is 0 Å². The maximum absolute atomic E-state index is 6.15. The highest BCUT2D eigenvalue weighted by molar-refractivity contribution is 9.10. The summed E-state index contributed by atoms with van der Waals surface area (Å²) in [6.07, 6.45) is 4.06. The van der Waals surface area contributed by atoms with Gasteiger partial charge < -0.3 is 5.32 Å². The lowest BCUT2D eigenvalue weighted by atomic mass is 9.79. The zero-order valence-corrected chi connectivity index (χ0v) is 14.4. The molecule has 1 N–H and O–H groups in total. The normalized spacial score (nSPS) is 16.5. The van der Waals surface area contributed by atoms with Crippen molar-refractivity contribution in [2.45, 2.75) is 31.2 Å². The molecule has 21 heavy (non-hydrogen) atoms. The molecule has 1 nitrogen and oxygen atoms in total. The Kier molecular flexibility index (Phi) is 4.68. The first kappa shape index (κ1) is 15.1. The van der Waals surface area contributed by atoms with E-state index in [9.17, 15) is 0 Å². The monoisotopic (exact) mass is 363 g/mol. The van der Waals surface area contributed by atoms with Gasteiger partial charge in [0, 0.05) is 9.50 Å².